The Hall–Kier alpha value is -1.03. The van der Waals surface area contributed by atoms with Gasteiger partial charge < -0.3 is 15.0 Å². The van der Waals surface area contributed by atoms with Gasteiger partial charge in [-0.05, 0) is 19.1 Å². The van der Waals surface area contributed by atoms with Gasteiger partial charge in [-0.15, -0.1) is 24.0 Å². The summed E-state index contributed by atoms with van der Waals surface area (Å²) in [7, 11) is -1.08. The summed E-state index contributed by atoms with van der Waals surface area (Å²) in [6, 6.07) is 9.63. The van der Waals surface area contributed by atoms with Crippen molar-refractivity contribution < 1.29 is 13.2 Å². The molecule has 0 aliphatic heterocycles. The lowest BCUT2D eigenvalue weighted by Crippen LogP contribution is -2.41. The number of nitrogens with one attached hydrogen (secondary N) is 1. The molecule has 6 nitrogen and oxygen atoms in total. The number of para-hydroxylation sites is 1. The van der Waals surface area contributed by atoms with E-state index in [4.69, 9.17) is 4.74 Å². The molecule has 0 heterocycles. The highest BCUT2D eigenvalue weighted by molar-refractivity contribution is 14.0. The summed E-state index contributed by atoms with van der Waals surface area (Å²) in [4.78, 5) is 6.30. The summed E-state index contributed by atoms with van der Waals surface area (Å²) in [6.07, 6.45) is 0. The van der Waals surface area contributed by atoms with E-state index in [2.05, 4.69) is 10.3 Å². The smallest absolute Gasteiger partial charge is 0.193 e. The van der Waals surface area contributed by atoms with Gasteiger partial charge in [0.2, 0.25) is 0 Å². The second kappa shape index (κ2) is 12.3. The standard InChI is InChI=1S/C16H27N3O3S.HI/c1-4-17-16(18-11-14-23(20,21)5-2)19(3)12-13-22-15-9-7-6-8-10-15;/h6-10H,4-5,11-14H2,1-3H3,(H,17,18);1H. The number of nitrogens with zero attached hydrogens (tertiary/aromatic N) is 2. The molecule has 0 radical (unpaired) electrons. The number of hydrogen-bond acceptors (Lipinski definition) is 4. The Morgan fingerprint density at radius 1 is 1.25 bits per heavy atom. The van der Waals surface area contributed by atoms with Gasteiger partial charge in [-0.1, -0.05) is 25.1 Å². The minimum atomic E-state index is -2.99. The van der Waals surface area contributed by atoms with E-state index in [1.807, 2.05) is 49.2 Å². The van der Waals surface area contributed by atoms with Gasteiger partial charge in [0.25, 0.3) is 0 Å². The Labute approximate surface area is 162 Å². The first-order chi connectivity index (χ1) is 11.0. The Kier molecular flexibility index (Phi) is 11.8. The monoisotopic (exact) mass is 469 g/mol. The summed E-state index contributed by atoms with van der Waals surface area (Å²) < 4.78 is 28.7. The Morgan fingerprint density at radius 2 is 1.92 bits per heavy atom. The van der Waals surface area contributed by atoms with Crippen molar-refractivity contribution in [2.24, 2.45) is 4.99 Å². The zero-order valence-electron chi connectivity index (χ0n) is 14.6. The minimum absolute atomic E-state index is 0. The number of aliphatic imine (C=N–C) groups is 1. The molecule has 0 atom stereocenters. The average molecular weight is 469 g/mol. The molecule has 0 saturated carbocycles. The first kappa shape index (κ1) is 23.0. The van der Waals surface area contributed by atoms with Crippen molar-refractivity contribution in [2.75, 3.05) is 44.8 Å². The highest BCUT2D eigenvalue weighted by Crippen LogP contribution is 2.07. The normalized spacial score (nSPS) is 11.5. The van der Waals surface area contributed by atoms with Gasteiger partial charge in [-0.3, -0.25) is 4.99 Å². The molecule has 1 aromatic carbocycles. The third kappa shape index (κ3) is 9.31. The maximum atomic E-state index is 11.5. The van der Waals surface area contributed by atoms with Crippen LogP contribution in [0.1, 0.15) is 13.8 Å². The molecule has 1 N–H and O–H groups in total. The van der Waals surface area contributed by atoms with Gasteiger partial charge in [0.15, 0.2) is 15.8 Å². The van der Waals surface area contributed by atoms with Crippen LogP contribution < -0.4 is 10.1 Å². The van der Waals surface area contributed by atoms with Crippen LogP contribution in [0.2, 0.25) is 0 Å². The Balaban J connectivity index is 0.00000529. The molecule has 0 spiro atoms. The van der Waals surface area contributed by atoms with Crippen LogP contribution in [0.15, 0.2) is 35.3 Å². The maximum Gasteiger partial charge on any atom is 0.193 e. The largest absolute Gasteiger partial charge is 0.492 e. The van der Waals surface area contributed by atoms with Crippen LogP contribution in [-0.2, 0) is 9.84 Å². The molecule has 0 aliphatic carbocycles. The van der Waals surface area contributed by atoms with Crippen molar-refractivity contribution in [3.8, 4) is 5.75 Å². The van der Waals surface area contributed by atoms with Gasteiger partial charge in [0.1, 0.15) is 12.4 Å². The van der Waals surface area contributed by atoms with Crippen LogP contribution in [0.3, 0.4) is 0 Å². The molecule has 0 amide bonds. The van der Waals surface area contributed by atoms with Crippen LogP contribution in [0.25, 0.3) is 0 Å². The summed E-state index contributed by atoms with van der Waals surface area (Å²) in [5.74, 6) is 1.75. The highest BCUT2D eigenvalue weighted by Gasteiger charge is 2.09. The van der Waals surface area contributed by atoms with E-state index in [9.17, 15) is 8.42 Å². The summed E-state index contributed by atoms with van der Waals surface area (Å²) in [5.41, 5.74) is 0. The molecule has 1 rings (SSSR count). The van der Waals surface area contributed by atoms with Crippen molar-refractivity contribution in [3.05, 3.63) is 30.3 Å². The van der Waals surface area contributed by atoms with Crippen LogP contribution in [-0.4, -0.2) is 64.1 Å². The SMILES string of the molecule is CCNC(=NCCS(=O)(=O)CC)N(C)CCOc1ccccc1.I. The average Bonchev–Trinajstić information content (AvgIpc) is 2.55. The van der Waals surface area contributed by atoms with Crippen molar-refractivity contribution in [1.82, 2.24) is 10.2 Å². The third-order valence-corrected chi connectivity index (χ3v) is 4.92. The van der Waals surface area contributed by atoms with E-state index in [0.717, 1.165) is 12.3 Å². The number of guanidine groups is 1. The summed E-state index contributed by atoms with van der Waals surface area (Å²) >= 11 is 0. The summed E-state index contributed by atoms with van der Waals surface area (Å²) in [5, 5.41) is 3.16. The number of halogens is 1. The molecule has 0 aliphatic rings. The second-order valence-corrected chi connectivity index (χ2v) is 7.53. The fourth-order valence-electron chi connectivity index (χ4n) is 1.83. The highest BCUT2D eigenvalue weighted by atomic mass is 127. The van der Waals surface area contributed by atoms with Gasteiger partial charge >= 0.3 is 0 Å². The van der Waals surface area contributed by atoms with Crippen molar-refractivity contribution in [2.45, 2.75) is 13.8 Å². The molecule has 1 aromatic rings. The molecule has 0 bridgehead atoms. The first-order valence-electron chi connectivity index (χ1n) is 7.86. The molecule has 0 fully saturated rings. The molecule has 0 saturated heterocycles. The van der Waals surface area contributed by atoms with Crippen LogP contribution in [0, 0.1) is 0 Å². The predicted octanol–water partition coefficient (Wildman–Crippen LogP) is 2.02. The fraction of sp³-hybridized carbons (Fsp3) is 0.562. The number of hydrogen-bond donors (Lipinski definition) is 1. The lowest BCUT2D eigenvalue weighted by molar-refractivity contribution is 0.281. The maximum absolute atomic E-state index is 11.5. The van der Waals surface area contributed by atoms with Crippen LogP contribution in [0.5, 0.6) is 5.75 Å². The van der Waals surface area contributed by atoms with Gasteiger partial charge in [0.05, 0.1) is 18.8 Å². The number of benzene rings is 1. The topological polar surface area (TPSA) is 71.0 Å². The Bertz CT molecular complexity index is 579. The lowest BCUT2D eigenvalue weighted by Gasteiger charge is -2.22. The van der Waals surface area contributed by atoms with E-state index in [1.54, 1.807) is 6.92 Å². The van der Waals surface area contributed by atoms with E-state index in [-0.39, 0.29) is 42.0 Å². The third-order valence-electron chi connectivity index (χ3n) is 3.24. The van der Waals surface area contributed by atoms with Gasteiger partial charge in [-0.2, -0.15) is 0 Å². The first-order valence-corrected chi connectivity index (χ1v) is 9.68. The number of rotatable bonds is 9. The molecule has 8 heteroatoms. The number of likely N-dealkylation sites (N-methyl/N-ethyl adjacent to an activating group) is 1. The van der Waals surface area contributed by atoms with E-state index >= 15 is 0 Å². The quantitative estimate of drug-likeness (QED) is 0.341. The zero-order valence-corrected chi connectivity index (χ0v) is 17.7. The van der Waals surface area contributed by atoms with E-state index in [0.29, 0.717) is 19.1 Å². The van der Waals surface area contributed by atoms with Gasteiger partial charge in [0, 0.05) is 19.3 Å². The summed E-state index contributed by atoms with van der Waals surface area (Å²) in [6.45, 7) is 5.80. The van der Waals surface area contributed by atoms with Crippen LogP contribution >= 0.6 is 24.0 Å². The number of ether oxygens (including phenoxy) is 1. The molecular formula is C16H28IN3O3S. The van der Waals surface area contributed by atoms with E-state index < -0.39 is 9.84 Å². The molecule has 0 aromatic heterocycles. The number of sulfone groups is 1. The molecule has 24 heavy (non-hydrogen) atoms. The molecular weight excluding hydrogens is 441 g/mol. The zero-order chi connectivity index (χ0) is 17.1. The predicted molar refractivity (Wildman–Crippen MR) is 110 cm³/mol. The fourth-order valence-corrected chi connectivity index (χ4v) is 2.49. The van der Waals surface area contributed by atoms with Gasteiger partial charge in [-0.25, -0.2) is 8.42 Å². The van der Waals surface area contributed by atoms with E-state index in [1.165, 1.54) is 0 Å². The Morgan fingerprint density at radius 3 is 2.50 bits per heavy atom. The second-order valence-electron chi connectivity index (χ2n) is 5.06. The van der Waals surface area contributed by atoms with Crippen molar-refractivity contribution >= 4 is 39.8 Å². The van der Waals surface area contributed by atoms with Crippen molar-refractivity contribution in [1.29, 1.82) is 0 Å². The minimum Gasteiger partial charge on any atom is -0.492 e. The van der Waals surface area contributed by atoms with Crippen molar-refractivity contribution in [3.63, 3.8) is 0 Å². The lowest BCUT2D eigenvalue weighted by atomic mass is 10.3. The molecule has 138 valence electrons. The van der Waals surface area contributed by atoms with Crippen LogP contribution in [0.4, 0.5) is 0 Å². The molecule has 0 unspecified atom stereocenters.